The molecule has 6 nitrogen and oxygen atoms in total. The Kier molecular flexibility index (Phi) is 8.60. The predicted octanol–water partition coefficient (Wildman–Crippen LogP) is 6.69. The van der Waals surface area contributed by atoms with Crippen molar-refractivity contribution in [3.8, 4) is 17.0 Å². The van der Waals surface area contributed by atoms with Crippen molar-refractivity contribution in [2.45, 2.75) is 25.7 Å². The molecule has 0 fully saturated rings. The van der Waals surface area contributed by atoms with Gasteiger partial charge in [-0.3, -0.25) is 4.79 Å². The van der Waals surface area contributed by atoms with Crippen LogP contribution in [0.15, 0.2) is 77.3 Å². The van der Waals surface area contributed by atoms with Gasteiger partial charge >= 0.3 is 11.9 Å². The summed E-state index contributed by atoms with van der Waals surface area (Å²) in [6.45, 7) is 2.46. The Morgan fingerprint density at radius 2 is 1.74 bits per heavy atom. The van der Waals surface area contributed by atoms with Crippen molar-refractivity contribution in [2.24, 2.45) is 0 Å². The van der Waals surface area contributed by atoms with Crippen molar-refractivity contribution in [3.05, 3.63) is 94.0 Å². The molecule has 0 aliphatic heterocycles. The van der Waals surface area contributed by atoms with E-state index >= 15 is 8.78 Å². The summed E-state index contributed by atoms with van der Waals surface area (Å²) < 4.78 is 41.7. The number of esters is 1. The average Bonchev–Trinajstić information content (AvgIpc) is 2.93. The molecule has 0 spiro atoms. The van der Waals surface area contributed by atoms with Crippen LogP contribution in [0, 0.1) is 6.92 Å². The van der Waals surface area contributed by atoms with Gasteiger partial charge in [0, 0.05) is 27.5 Å². The molecule has 0 saturated carbocycles. The van der Waals surface area contributed by atoms with Gasteiger partial charge in [0.15, 0.2) is 0 Å². The number of nitrogens with zero attached hydrogens (tertiary/aromatic N) is 1. The van der Waals surface area contributed by atoms with Gasteiger partial charge in [0.1, 0.15) is 5.75 Å². The molecule has 1 aromatic heterocycles. The van der Waals surface area contributed by atoms with Gasteiger partial charge in [-0.25, -0.2) is 9.78 Å². The van der Waals surface area contributed by atoms with E-state index in [0.29, 0.717) is 27.7 Å². The molecule has 1 amide bonds. The zero-order chi connectivity index (χ0) is 28.2. The van der Waals surface area contributed by atoms with E-state index in [1.165, 1.54) is 26.2 Å². The topological polar surface area (TPSA) is 77.5 Å². The van der Waals surface area contributed by atoms with Crippen LogP contribution in [0.1, 0.15) is 34.3 Å². The number of carbonyl (C=O) groups excluding carboxylic acids is 2. The minimum Gasteiger partial charge on any atom is -0.496 e. The third-order valence-corrected chi connectivity index (χ3v) is 6.92. The van der Waals surface area contributed by atoms with E-state index in [4.69, 9.17) is 9.72 Å². The van der Waals surface area contributed by atoms with Crippen LogP contribution in [0.2, 0.25) is 0 Å². The van der Waals surface area contributed by atoms with Crippen molar-refractivity contribution < 1.29 is 27.8 Å². The zero-order valence-corrected chi connectivity index (χ0v) is 23.2. The van der Waals surface area contributed by atoms with Crippen LogP contribution in [0.25, 0.3) is 22.2 Å². The molecule has 202 valence electrons. The molecule has 39 heavy (non-hydrogen) atoms. The molecule has 1 atom stereocenters. The van der Waals surface area contributed by atoms with Gasteiger partial charge in [-0.2, -0.15) is 8.78 Å². The number of ether oxygens (including phenoxy) is 2. The van der Waals surface area contributed by atoms with E-state index in [0.717, 1.165) is 10.0 Å². The highest BCUT2D eigenvalue weighted by Crippen LogP contribution is 2.39. The van der Waals surface area contributed by atoms with Crippen LogP contribution in [-0.4, -0.2) is 43.0 Å². The second-order valence-electron chi connectivity index (χ2n) is 8.84. The highest BCUT2D eigenvalue weighted by Gasteiger charge is 2.50. The minimum absolute atomic E-state index is 0.0716. The molecule has 9 heteroatoms. The first-order valence-corrected chi connectivity index (χ1v) is 13.1. The number of fused-ring (bicyclic) bond motifs is 1. The van der Waals surface area contributed by atoms with E-state index in [9.17, 15) is 9.59 Å². The summed E-state index contributed by atoms with van der Waals surface area (Å²) in [6.07, 6.45) is 0. The fourth-order valence-corrected chi connectivity index (χ4v) is 4.90. The zero-order valence-electron chi connectivity index (χ0n) is 21.6. The standard InChI is InChI=1S/C30H27BrF2N2O4/c1-4-39-29(37)30(32,33)23(21-12-8-9-13-25(21)38-3)17-34-28(36)26-18(2)27(19-10-6-5-7-11-19)35-24-15-14-20(31)16-22(24)26/h5-16,23H,4,17H2,1-3H3,(H,34,36). The fourth-order valence-electron chi connectivity index (χ4n) is 4.54. The summed E-state index contributed by atoms with van der Waals surface area (Å²) in [5, 5.41) is 3.22. The molecule has 0 aliphatic carbocycles. The monoisotopic (exact) mass is 596 g/mol. The van der Waals surface area contributed by atoms with Gasteiger partial charge in [0.25, 0.3) is 5.91 Å². The van der Waals surface area contributed by atoms with Crippen molar-refractivity contribution in [1.82, 2.24) is 10.3 Å². The number of methoxy groups -OCH3 is 1. The number of amides is 1. The number of para-hydroxylation sites is 1. The summed E-state index contributed by atoms with van der Waals surface area (Å²) >= 11 is 3.45. The fraction of sp³-hybridized carbons (Fsp3) is 0.233. The lowest BCUT2D eigenvalue weighted by molar-refractivity contribution is -0.174. The number of rotatable bonds is 9. The molecule has 0 bridgehead atoms. The van der Waals surface area contributed by atoms with Gasteiger partial charge in [-0.05, 0) is 43.7 Å². The first-order chi connectivity index (χ1) is 18.7. The highest BCUT2D eigenvalue weighted by molar-refractivity contribution is 9.10. The lowest BCUT2D eigenvalue weighted by Gasteiger charge is -2.27. The van der Waals surface area contributed by atoms with E-state index in [2.05, 4.69) is 26.0 Å². The van der Waals surface area contributed by atoms with Crippen molar-refractivity contribution >= 4 is 38.7 Å². The van der Waals surface area contributed by atoms with Crippen molar-refractivity contribution in [2.75, 3.05) is 20.3 Å². The number of carbonyl (C=O) groups is 2. The number of benzene rings is 3. The molecule has 4 rings (SSSR count). The van der Waals surface area contributed by atoms with Crippen LogP contribution in [-0.2, 0) is 9.53 Å². The maximum absolute atomic E-state index is 15.5. The predicted molar refractivity (Wildman–Crippen MR) is 149 cm³/mol. The molecule has 1 N–H and O–H groups in total. The maximum Gasteiger partial charge on any atom is 0.377 e. The Labute approximate surface area is 233 Å². The minimum atomic E-state index is -3.94. The summed E-state index contributed by atoms with van der Waals surface area (Å²) in [7, 11) is 1.35. The number of hydrogen-bond acceptors (Lipinski definition) is 5. The summed E-state index contributed by atoms with van der Waals surface area (Å²) in [5.41, 5.74) is 2.96. The number of pyridine rings is 1. The molecule has 0 radical (unpaired) electrons. The van der Waals surface area contributed by atoms with Gasteiger partial charge < -0.3 is 14.8 Å². The van der Waals surface area contributed by atoms with Crippen LogP contribution < -0.4 is 10.1 Å². The second-order valence-corrected chi connectivity index (χ2v) is 9.75. The third-order valence-electron chi connectivity index (χ3n) is 6.43. The first-order valence-electron chi connectivity index (χ1n) is 12.3. The van der Waals surface area contributed by atoms with E-state index < -0.39 is 30.3 Å². The van der Waals surface area contributed by atoms with E-state index in [-0.39, 0.29) is 17.9 Å². The summed E-state index contributed by atoms with van der Waals surface area (Å²) in [6, 6.07) is 20.9. The lowest BCUT2D eigenvalue weighted by Crippen LogP contribution is -2.43. The maximum atomic E-state index is 15.5. The quantitative estimate of drug-likeness (QED) is 0.218. The number of halogens is 3. The van der Waals surface area contributed by atoms with Crippen LogP contribution in [0.3, 0.4) is 0 Å². The molecule has 3 aromatic carbocycles. The largest absolute Gasteiger partial charge is 0.496 e. The SMILES string of the molecule is CCOC(=O)C(F)(F)C(CNC(=O)c1c(C)c(-c2ccccc2)nc2ccc(Br)cc12)c1ccccc1OC. The van der Waals surface area contributed by atoms with Crippen LogP contribution in [0.5, 0.6) is 5.75 Å². The van der Waals surface area contributed by atoms with E-state index in [1.807, 2.05) is 36.4 Å². The Balaban J connectivity index is 1.78. The number of nitrogens with one attached hydrogen (secondary N) is 1. The lowest BCUT2D eigenvalue weighted by atomic mass is 9.91. The van der Waals surface area contributed by atoms with Gasteiger partial charge in [-0.1, -0.05) is 64.5 Å². The molecular formula is C30H27BrF2N2O4. The molecule has 0 aliphatic rings. The Morgan fingerprint density at radius 1 is 1.05 bits per heavy atom. The molecular weight excluding hydrogens is 570 g/mol. The normalized spacial score (nSPS) is 12.2. The Hall–Kier alpha value is -3.85. The molecule has 0 saturated heterocycles. The average molecular weight is 597 g/mol. The van der Waals surface area contributed by atoms with Gasteiger partial charge in [-0.15, -0.1) is 0 Å². The van der Waals surface area contributed by atoms with Crippen LogP contribution in [0.4, 0.5) is 8.78 Å². The number of aromatic nitrogens is 1. The summed E-state index contributed by atoms with van der Waals surface area (Å²) in [4.78, 5) is 30.8. The number of alkyl halides is 2. The highest BCUT2D eigenvalue weighted by atomic mass is 79.9. The third kappa shape index (κ3) is 5.78. The molecule has 1 heterocycles. The number of hydrogen-bond donors (Lipinski definition) is 1. The van der Waals surface area contributed by atoms with Gasteiger partial charge in [0.05, 0.1) is 36.4 Å². The Morgan fingerprint density at radius 3 is 2.44 bits per heavy atom. The van der Waals surface area contributed by atoms with E-state index in [1.54, 1.807) is 31.2 Å². The first kappa shape index (κ1) is 28.2. The van der Waals surface area contributed by atoms with Crippen molar-refractivity contribution in [1.29, 1.82) is 0 Å². The molecule has 1 unspecified atom stereocenters. The Bertz CT molecular complexity index is 1510. The summed E-state index contributed by atoms with van der Waals surface area (Å²) in [5.74, 6) is -7.76. The van der Waals surface area contributed by atoms with Crippen molar-refractivity contribution in [3.63, 3.8) is 0 Å². The molecule has 4 aromatic rings. The van der Waals surface area contributed by atoms with Gasteiger partial charge in [0.2, 0.25) is 0 Å². The smallest absolute Gasteiger partial charge is 0.377 e. The van der Waals surface area contributed by atoms with Crippen LogP contribution >= 0.6 is 15.9 Å². The second kappa shape index (κ2) is 11.9.